The summed E-state index contributed by atoms with van der Waals surface area (Å²) in [6.45, 7) is 1.71. The fourth-order valence-electron chi connectivity index (χ4n) is 2.79. The van der Waals surface area contributed by atoms with Crippen molar-refractivity contribution >= 4 is 23.7 Å². The molecule has 0 unspecified atom stereocenters. The van der Waals surface area contributed by atoms with Crippen LogP contribution in [-0.2, 0) is 4.79 Å². The van der Waals surface area contributed by atoms with Crippen LogP contribution in [0.3, 0.4) is 0 Å². The Kier molecular flexibility index (Phi) is 7.53. The maximum absolute atomic E-state index is 13.2. The largest absolute Gasteiger partial charge is 0.493 e. The molecule has 0 aliphatic heterocycles. The maximum atomic E-state index is 13.2. The molecule has 2 amide bonds. The van der Waals surface area contributed by atoms with Crippen LogP contribution >= 0.6 is 0 Å². The van der Waals surface area contributed by atoms with E-state index >= 15 is 0 Å². The number of para-hydroxylation sites is 1. The van der Waals surface area contributed by atoms with Gasteiger partial charge in [-0.25, -0.2) is 9.82 Å². The Labute approximate surface area is 184 Å². The molecule has 0 aliphatic carbocycles. The Hall–Kier alpha value is -4.20. The van der Waals surface area contributed by atoms with Crippen molar-refractivity contribution in [1.82, 2.24) is 5.43 Å². The van der Waals surface area contributed by atoms with Gasteiger partial charge >= 0.3 is 0 Å². The molecular weight excluding hydrogens is 413 g/mol. The zero-order valence-electron chi connectivity index (χ0n) is 17.6. The lowest BCUT2D eigenvalue weighted by molar-refractivity contribution is -0.118. The predicted octanol–water partition coefficient (Wildman–Crippen LogP) is 3.92. The molecule has 0 aliphatic rings. The molecule has 3 aromatic carbocycles. The highest BCUT2D eigenvalue weighted by molar-refractivity contribution is 5.95. The van der Waals surface area contributed by atoms with Crippen LogP contribution in [0.2, 0.25) is 0 Å². The van der Waals surface area contributed by atoms with Gasteiger partial charge in [0.25, 0.3) is 11.8 Å². The van der Waals surface area contributed by atoms with Crippen LogP contribution in [0.1, 0.15) is 21.5 Å². The number of nitrogens with zero attached hydrogens (tertiary/aromatic N) is 1. The first-order valence-electron chi connectivity index (χ1n) is 9.71. The molecule has 0 heterocycles. The number of carbonyl (C=O) groups is 2. The zero-order chi connectivity index (χ0) is 22.9. The third-order valence-corrected chi connectivity index (χ3v) is 4.43. The number of hydrazone groups is 1. The van der Waals surface area contributed by atoms with Gasteiger partial charge in [-0.3, -0.25) is 9.59 Å². The minimum atomic E-state index is -0.535. The lowest BCUT2D eigenvalue weighted by Gasteiger charge is -2.12. The van der Waals surface area contributed by atoms with Gasteiger partial charge in [0, 0.05) is 11.3 Å². The van der Waals surface area contributed by atoms with Gasteiger partial charge in [0.1, 0.15) is 5.82 Å². The van der Waals surface area contributed by atoms with Crippen molar-refractivity contribution in [2.24, 2.45) is 5.10 Å². The lowest BCUT2D eigenvalue weighted by atomic mass is 10.2. The number of halogens is 1. The van der Waals surface area contributed by atoms with E-state index in [1.807, 2.05) is 31.2 Å². The summed E-state index contributed by atoms with van der Waals surface area (Å²) in [4.78, 5) is 24.2. The quantitative estimate of drug-likeness (QED) is 0.415. The SMILES string of the molecule is COc1cc(/C=N\NC(=O)c2cccc(F)c2)ccc1OCC(=O)Nc1ccccc1C. The van der Waals surface area contributed by atoms with Crippen molar-refractivity contribution in [3.63, 3.8) is 0 Å². The molecule has 3 rings (SSSR count). The van der Waals surface area contributed by atoms with E-state index in [1.165, 1.54) is 31.5 Å². The summed E-state index contributed by atoms with van der Waals surface area (Å²) >= 11 is 0. The molecule has 0 spiro atoms. The molecule has 164 valence electrons. The van der Waals surface area contributed by atoms with Gasteiger partial charge in [0.2, 0.25) is 0 Å². The van der Waals surface area contributed by atoms with Crippen LogP contribution in [-0.4, -0.2) is 31.7 Å². The van der Waals surface area contributed by atoms with E-state index in [9.17, 15) is 14.0 Å². The van der Waals surface area contributed by atoms with E-state index in [2.05, 4.69) is 15.8 Å². The average molecular weight is 435 g/mol. The molecule has 0 saturated carbocycles. The molecule has 3 aromatic rings. The second-order valence-electron chi connectivity index (χ2n) is 6.77. The third kappa shape index (κ3) is 6.15. The van der Waals surface area contributed by atoms with Crippen LogP contribution in [0.4, 0.5) is 10.1 Å². The highest BCUT2D eigenvalue weighted by Gasteiger charge is 2.10. The fourth-order valence-corrected chi connectivity index (χ4v) is 2.79. The second kappa shape index (κ2) is 10.7. The lowest BCUT2D eigenvalue weighted by Crippen LogP contribution is -2.20. The summed E-state index contributed by atoms with van der Waals surface area (Å²) in [6, 6.07) is 17.7. The molecule has 0 bridgehead atoms. The molecule has 0 saturated heterocycles. The Morgan fingerprint density at radius 2 is 1.84 bits per heavy atom. The van der Waals surface area contributed by atoms with E-state index in [1.54, 1.807) is 18.2 Å². The number of anilines is 1. The summed E-state index contributed by atoms with van der Waals surface area (Å²) in [7, 11) is 1.47. The minimum absolute atomic E-state index is 0.160. The minimum Gasteiger partial charge on any atom is -0.493 e. The number of hydrogen-bond donors (Lipinski definition) is 2. The number of carbonyl (C=O) groups excluding carboxylic acids is 2. The highest BCUT2D eigenvalue weighted by Crippen LogP contribution is 2.27. The average Bonchev–Trinajstić information content (AvgIpc) is 2.79. The summed E-state index contributed by atoms with van der Waals surface area (Å²) in [6.07, 6.45) is 1.41. The van der Waals surface area contributed by atoms with E-state index in [4.69, 9.17) is 9.47 Å². The highest BCUT2D eigenvalue weighted by atomic mass is 19.1. The van der Waals surface area contributed by atoms with Crippen molar-refractivity contribution in [3.05, 3.63) is 89.2 Å². The van der Waals surface area contributed by atoms with E-state index in [-0.39, 0.29) is 18.1 Å². The molecule has 2 N–H and O–H groups in total. The number of amides is 2. The topological polar surface area (TPSA) is 89.0 Å². The van der Waals surface area contributed by atoms with Crippen molar-refractivity contribution in [2.75, 3.05) is 19.0 Å². The normalized spacial score (nSPS) is 10.6. The summed E-state index contributed by atoms with van der Waals surface area (Å²) in [5.74, 6) is -0.559. The second-order valence-corrected chi connectivity index (χ2v) is 6.77. The summed E-state index contributed by atoms with van der Waals surface area (Å²) < 4.78 is 24.1. The molecule has 7 nitrogen and oxygen atoms in total. The van der Waals surface area contributed by atoms with Gasteiger partial charge in [-0.05, 0) is 60.5 Å². The summed E-state index contributed by atoms with van der Waals surface area (Å²) in [5.41, 5.74) is 4.79. The van der Waals surface area contributed by atoms with Gasteiger partial charge in [-0.1, -0.05) is 24.3 Å². The molecular formula is C24H22FN3O4. The van der Waals surface area contributed by atoms with E-state index < -0.39 is 11.7 Å². The maximum Gasteiger partial charge on any atom is 0.271 e. The number of benzene rings is 3. The van der Waals surface area contributed by atoms with Crippen molar-refractivity contribution < 1.29 is 23.5 Å². The molecule has 0 aromatic heterocycles. The van der Waals surface area contributed by atoms with Crippen molar-refractivity contribution in [1.29, 1.82) is 0 Å². The first kappa shape index (κ1) is 22.5. The van der Waals surface area contributed by atoms with Crippen LogP contribution in [0.15, 0.2) is 71.8 Å². The van der Waals surface area contributed by atoms with Crippen LogP contribution in [0.5, 0.6) is 11.5 Å². The molecule has 0 fully saturated rings. The van der Waals surface area contributed by atoms with Gasteiger partial charge in [-0.15, -0.1) is 0 Å². The number of nitrogens with one attached hydrogen (secondary N) is 2. The molecule has 0 radical (unpaired) electrons. The van der Waals surface area contributed by atoms with Crippen molar-refractivity contribution in [2.45, 2.75) is 6.92 Å². The van der Waals surface area contributed by atoms with E-state index in [0.29, 0.717) is 17.1 Å². The van der Waals surface area contributed by atoms with E-state index in [0.717, 1.165) is 17.3 Å². The number of methoxy groups -OCH3 is 1. The Balaban J connectivity index is 1.58. The molecule has 0 atom stereocenters. The fraction of sp³-hybridized carbons (Fsp3) is 0.125. The van der Waals surface area contributed by atoms with Crippen LogP contribution in [0.25, 0.3) is 0 Å². The smallest absolute Gasteiger partial charge is 0.271 e. The van der Waals surface area contributed by atoms with Gasteiger partial charge < -0.3 is 14.8 Å². The van der Waals surface area contributed by atoms with Crippen molar-refractivity contribution in [3.8, 4) is 11.5 Å². The standard InChI is InChI=1S/C24H22FN3O4/c1-16-6-3-4-9-20(16)27-23(29)15-32-21-11-10-17(12-22(21)31-2)14-26-28-24(30)18-7-5-8-19(25)13-18/h3-14H,15H2,1-2H3,(H,27,29)(H,28,30)/b26-14-. The van der Waals surface area contributed by atoms with Crippen LogP contribution in [0, 0.1) is 12.7 Å². The Bertz CT molecular complexity index is 1150. The first-order valence-corrected chi connectivity index (χ1v) is 9.71. The monoisotopic (exact) mass is 435 g/mol. The molecule has 32 heavy (non-hydrogen) atoms. The summed E-state index contributed by atoms with van der Waals surface area (Å²) in [5, 5.41) is 6.67. The van der Waals surface area contributed by atoms with Gasteiger partial charge in [0.05, 0.1) is 13.3 Å². The zero-order valence-corrected chi connectivity index (χ0v) is 17.6. The number of rotatable bonds is 8. The first-order chi connectivity index (χ1) is 15.5. The Morgan fingerprint density at radius 3 is 2.59 bits per heavy atom. The van der Waals surface area contributed by atoms with Gasteiger partial charge in [0.15, 0.2) is 18.1 Å². The third-order valence-electron chi connectivity index (χ3n) is 4.43. The number of ether oxygens (including phenoxy) is 2. The van der Waals surface area contributed by atoms with Gasteiger partial charge in [-0.2, -0.15) is 5.10 Å². The predicted molar refractivity (Wildman–Crippen MR) is 120 cm³/mol. The number of aryl methyl sites for hydroxylation is 1. The Morgan fingerprint density at radius 1 is 1.03 bits per heavy atom. The van der Waals surface area contributed by atoms with Crippen LogP contribution < -0.4 is 20.2 Å². The number of hydrogen-bond acceptors (Lipinski definition) is 5. The molecule has 8 heteroatoms.